The number of ether oxygens (including phenoxy) is 1. The lowest BCUT2D eigenvalue weighted by molar-refractivity contribution is -0.0439. The van der Waals surface area contributed by atoms with Gasteiger partial charge in [-0.3, -0.25) is 19.1 Å². The van der Waals surface area contributed by atoms with E-state index < -0.39 is 11.5 Å². The van der Waals surface area contributed by atoms with Crippen LogP contribution in [0.2, 0.25) is 0 Å². The number of carbonyl (C=O) groups is 1. The van der Waals surface area contributed by atoms with E-state index in [9.17, 15) is 14.7 Å². The lowest BCUT2D eigenvalue weighted by Gasteiger charge is -2.61. The Morgan fingerprint density at radius 1 is 1.29 bits per heavy atom. The van der Waals surface area contributed by atoms with E-state index in [-0.39, 0.29) is 16.9 Å². The van der Waals surface area contributed by atoms with Gasteiger partial charge in [-0.05, 0) is 37.3 Å². The Balaban J connectivity index is 1.50. The molecule has 3 saturated carbocycles. The Morgan fingerprint density at radius 2 is 2.04 bits per heavy atom. The normalized spacial score (nSPS) is 26.5. The third kappa shape index (κ3) is 2.79. The summed E-state index contributed by atoms with van der Waals surface area (Å²) in [4.78, 5) is 32.6. The lowest BCUT2D eigenvalue weighted by Crippen LogP contribution is -2.68. The molecule has 2 bridgehead atoms. The minimum atomic E-state index is -0.485. The summed E-state index contributed by atoms with van der Waals surface area (Å²) in [5, 5.41) is 14.1. The Morgan fingerprint density at radius 3 is 2.71 bits per heavy atom. The summed E-state index contributed by atoms with van der Waals surface area (Å²) in [5.74, 6) is -0.0498. The minimum Gasteiger partial charge on any atom is -0.506 e. The molecule has 1 amide bonds. The number of aromatic nitrogens is 2. The third-order valence-corrected chi connectivity index (χ3v) is 6.38. The van der Waals surface area contributed by atoms with Crippen molar-refractivity contribution < 1.29 is 14.6 Å². The van der Waals surface area contributed by atoms with Gasteiger partial charge in [-0.1, -0.05) is 0 Å². The van der Waals surface area contributed by atoms with Crippen molar-refractivity contribution in [2.45, 2.75) is 31.3 Å². The molecule has 0 unspecified atom stereocenters. The maximum Gasteiger partial charge on any atom is 0.268 e. The van der Waals surface area contributed by atoms with Crippen molar-refractivity contribution >= 4 is 16.9 Å². The van der Waals surface area contributed by atoms with Crippen LogP contribution in [0.3, 0.4) is 0 Å². The van der Waals surface area contributed by atoms with Crippen molar-refractivity contribution in [2.75, 3.05) is 32.8 Å². The summed E-state index contributed by atoms with van der Waals surface area (Å²) >= 11 is 0. The van der Waals surface area contributed by atoms with Gasteiger partial charge in [-0.15, -0.1) is 0 Å². The van der Waals surface area contributed by atoms with Gasteiger partial charge >= 0.3 is 0 Å². The van der Waals surface area contributed by atoms with Gasteiger partial charge in [0.25, 0.3) is 11.5 Å². The van der Waals surface area contributed by atoms with Crippen LogP contribution < -0.4 is 10.9 Å². The van der Waals surface area contributed by atoms with Crippen LogP contribution in [-0.4, -0.2) is 63.9 Å². The largest absolute Gasteiger partial charge is 0.506 e. The summed E-state index contributed by atoms with van der Waals surface area (Å²) in [5.41, 5.74) is -0.419. The molecule has 2 aromatic heterocycles. The molecule has 4 aliphatic rings. The number of morpholine rings is 1. The van der Waals surface area contributed by atoms with E-state index in [2.05, 4.69) is 15.2 Å². The van der Waals surface area contributed by atoms with E-state index in [1.165, 1.54) is 4.57 Å². The molecular formula is C20H24N4O4. The molecule has 0 spiro atoms. The molecule has 8 heteroatoms. The minimum absolute atomic E-state index is 0.164. The highest BCUT2D eigenvalue weighted by Crippen LogP contribution is 2.57. The molecule has 2 N–H and O–H groups in total. The molecule has 3 heterocycles. The molecule has 0 atom stereocenters. The predicted octanol–water partition coefficient (Wildman–Crippen LogP) is 0.717. The molecule has 148 valence electrons. The van der Waals surface area contributed by atoms with Gasteiger partial charge < -0.3 is 15.2 Å². The van der Waals surface area contributed by atoms with Gasteiger partial charge in [-0.2, -0.15) is 0 Å². The number of nitrogens with one attached hydrogen (secondary N) is 1. The second-order valence-corrected chi connectivity index (χ2v) is 8.22. The van der Waals surface area contributed by atoms with Crippen LogP contribution in [0.1, 0.15) is 29.6 Å². The van der Waals surface area contributed by atoms with Gasteiger partial charge in [0.15, 0.2) is 0 Å². The summed E-state index contributed by atoms with van der Waals surface area (Å²) < 4.78 is 6.89. The monoisotopic (exact) mass is 384 g/mol. The fraction of sp³-hybridized carbons (Fsp3) is 0.550. The zero-order valence-corrected chi connectivity index (χ0v) is 15.7. The van der Waals surface area contributed by atoms with Crippen molar-refractivity contribution in [1.82, 2.24) is 19.8 Å². The topological polar surface area (TPSA) is 96.7 Å². The van der Waals surface area contributed by atoms with Gasteiger partial charge in [0, 0.05) is 37.9 Å². The number of aromatic hydroxyl groups is 1. The summed E-state index contributed by atoms with van der Waals surface area (Å²) in [6.45, 7) is 4.05. The molecular weight excluding hydrogens is 360 g/mol. The molecule has 1 saturated heterocycles. The molecule has 0 aromatic carbocycles. The fourth-order valence-corrected chi connectivity index (χ4v) is 4.68. The quantitative estimate of drug-likeness (QED) is 0.788. The number of nitrogens with zero attached hydrogens (tertiary/aromatic N) is 3. The van der Waals surface area contributed by atoms with E-state index in [1.54, 1.807) is 18.3 Å². The number of rotatable bonds is 5. The highest BCUT2D eigenvalue weighted by Gasteiger charge is 2.57. The second-order valence-electron chi connectivity index (χ2n) is 8.22. The van der Waals surface area contributed by atoms with Crippen molar-refractivity contribution in [3.63, 3.8) is 0 Å². The molecule has 2 aromatic rings. The number of carbonyl (C=O) groups excluding carboxylic acids is 1. The Bertz CT molecular complexity index is 979. The van der Waals surface area contributed by atoms with Crippen LogP contribution in [0.5, 0.6) is 5.75 Å². The van der Waals surface area contributed by atoms with Gasteiger partial charge in [0.05, 0.1) is 18.6 Å². The number of pyridine rings is 2. The summed E-state index contributed by atoms with van der Waals surface area (Å²) in [6.07, 6.45) is 4.51. The molecule has 28 heavy (non-hydrogen) atoms. The van der Waals surface area contributed by atoms with Crippen molar-refractivity contribution in [3.8, 4) is 5.75 Å². The second kappa shape index (κ2) is 6.56. The maximum absolute atomic E-state index is 13.2. The Hall–Kier alpha value is -2.45. The summed E-state index contributed by atoms with van der Waals surface area (Å²) in [6, 6.07) is 3.39. The first-order valence-electron chi connectivity index (χ1n) is 9.89. The van der Waals surface area contributed by atoms with Crippen molar-refractivity contribution in [2.24, 2.45) is 5.92 Å². The van der Waals surface area contributed by atoms with Gasteiger partial charge in [-0.25, -0.2) is 4.98 Å². The van der Waals surface area contributed by atoms with Crippen LogP contribution in [-0.2, 0) is 11.3 Å². The average molecular weight is 384 g/mol. The SMILES string of the molecule is O=C(NC12CC(C1)C2)c1c(O)c2cccnc2n(CCN2CCOCC2)c1=O. The van der Waals surface area contributed by atoms with E-state index in [0.29, 0.717) is 43.3 Å². The first-order chi connectivity index (χ1) is 13.6. The molecule has 1 aliphatic heterocycles. The molecule has 8 nitrogen and oxygen atoms in total. The zero-order chi connectivity index (χ0) is 19.3. The average Bonchev–Trinajstić information content (AvgIpc) is 2.64. The van der Waals surface area contributed by atoms with Crippen LogP contribution in [0.15, 0.2) is 23.1 Å². The summed E-state index contributed by atoms with van der Waals surface area (Å²) in [7, 11) is 0. The fourth-order valence-electron chi connectivity index (χ4n) is 4.68. The van der Waals surface area contributed by atoms with E-state index >= 15 is 0 Å². The third-order valence-electron chi connectivity index (χ3n) is 6.38. The highest BCUT2D eigenvalue weighted by atomic mass is 16.5. The van der Waals surface area contributed by atoms with Crippen LogP contribution in [0.4, 0.5) is 0 Å². The number of amides is 1. The van der Waals surface area contributed by atoms with Crippen molar-refractivity contribution in [3.05, 3.63) is 34.2 Å². The lowest BCUT2D eigenvalue weighted by atomic mass is 9.50. The van der Waals surface area contributed by atoms with E-state index in [4.69, 9.17) is 4.74 Å². The zero-order valence-electron chi connectivity index (χ0n) is 15.7. The predicted molar refractivity (Wildman–Crippen MR) is 102 cm³/mol. The first-order valence-corrected chi connectivity index (χ1v) is 9.89. The van der Waals surface area contributed by atoms with Crippen LogP contribution >= 0.6 is 0 Å². The van der Waals surface area contributed by atoms with Crippen LogP contribution in [0, 0.1) is 5.92 Å². The smallest absolute Gasteiger partial charge is 0.268 e. The molecule has 6 rings (SSSR count). The number of fused-ring (bicyclic) bond motifs is 1. The Labute approximate surface area is 162 Å². The standard InChI is InChI=1S/C20H24N4O4/c25-16-14-2-1-3-21-17(14)24(5-4-23-6-8-28-9-7-23)19(27)15(16)18(26)22-20-10-13(11-20)12-20/h1-3,13,25H,4-12H2,(H,22,26). The van der Waals surface area contributed by atoms with Gasteiger partial charge in [0.2, 0.25) is 0 Å². The van der Waals surface area contributed by atoms with Gasteiger partial charge in [0.1, 0.15) is 17.0 Å². The number of hydrogen-bond donors (Lipinski definition) is 2. The first kappa shape index (κ1) is 17.6. The van der Waals surface area contributed by atoms with E-state index in [1.807, 2.05) is 0 Å². The maximum atomic E-state index is 13.2. The molecule has 0 radical (unpaired) electrons. The molecule has 4 fully saturated rings. The number of hydrogen-bond acceptors (Lipinski definition) is 6. The van der Waals surface area contributed by atoms with Crippen molar-refractivity contribution in [1.29, 1.82) is 0 Å². The highest BCUT2D eigenvalue weighted by molar-refractivity contribution is 6.02. The van der Waals surface area contributed by atoms with E-state index in [0.717, 1.165) is 32.4 Å². The van der Waals surface area contributed by atoms with Crippen LogP contribution in [0.25, 0.3) is 11.0 Å². The molecule has 3 aliphatic carbocycles. The Kier molecular flexibility index (Phi) is 4.13.